The largest absolute Gasteiger partial charge is 0.491 e. The van der Waals surface area contributed by atoms with E-state index < -0.39 is 0 Å². The van der Waals surface area contributed by atoms with Crippen LogP contribution >= 0.6 is 0 Å². The van der Waals surface area contributed by atoms with E-state index in [4.69, 9.17) is 10.5 Å². The number of ether oxygens (including phenoxy) is 1. The highest BCUT2D eigenvalue weighted by Crippen LogP contribution is 2.19. The number of hydrogen-bond acceptors (Lipinski definition) is 4. The predicted molar refractivity (Wildman–Crippen MR) is 88.0 cm³/mol. The summed E-state index contributed by atoms with van der Waals surface area (Å²) in [6.07, 6.45) is 1.68. The highest BCUT2D eigenvalue weighted by Gasteiger charge is 2.34. The number of likely N-dealkylation sites (tertiary alicyclic amines) is 1. The highest BCUT2D eigenvalue weighted by atomic mass is 16.5. The van der Waals surface area contributed by atoms with Gasteiger partial charge in [-0.2, -0.15) is 0 Å². The summed E-state index contributed by atoms with van der Waals surface area (Å²) >= 11 is 0. The topological polar surface area (TPSA) is 58.8 Å². The quantitative estimate of drug-likeness (QED) is 0.855. The maximum Gasteiger partial charge on any atom is 0.239 e. The van der Waals surface area contributed by atoms with E-state index in [0.29, 0.717) is 13.2 Å². The first kappa shape index (κ1) is 16.8. The first-order valence-corrected chi connectivity index (χ1v) is 7.94. The second-order valence-corrected chi connectivity index (χ2v) is 6.02. The molecule has 1 saturated heterocycles. The van der Waals surface area contributed by atoms with E-state index >= 15 is 0 Å². The molecular formula is C17H27N3O2. The fraction of sp³-hybridized carbons (Fsp3) is 0.588. The predicted octanol–water partition coefficient (Wildman–Crippen LogP) is 1.12. The second-order valence-electron chi connectivity index (χ2n) is 6.02. The van der Waals surface area contributed by atoms with Crippen molar-refractivity contribution in [1.29, 1.82) is 0 Å². The summed E-state index contributed by atoms with van der Waals surface area (Å²) in [5.74, 6) is 1.04. The summed E-state index contributed by atoms with van der Waals surface area (Å²) in [4.78, 5) is 16.2. The Kier molecular flexibility index (Phi) is 5.80. The summed E-state index contributed by atoms with van der Waals surface area (Å²) < 4.78 is 5.83. The van der Waals surface area contributed by atoms with E-state index in [1.165, 1.54) is 5.56 Å². The lowest BCUT2D eigenvalue weighted by atomic mass is 10.1. The lowest BCUT2D eigenvalue weighted by Gasteiger charge is -2.25. The van der Waals surface area contributed by atoms with Crippen LogP contribution in [0.2, 0.25) is 0 Å². The number of nitrogens with two attached hydrogens (primary N) is 1. The first-order valence-electron chi connectivity index (χ1n) is 7.94. The molecule has 5 heteroatoms. The molecule has 122 valence electrons. The van der Waals surface area contributed by atoms with Crippen LogP contribution in [0.3, 0.4) is 0 Å². The maximum atomic E-state index is 12.4. The zero-order valence-electron chi connectivity index (χ0n) is 13.8. The molecule has 0 unspecified atom stereocenters. The van der Waals surface area contributed by atoms with Crippen LogP contribution in [0.5, 0.6) is 5.75 Å². The number of aryl methyl sites for hydroxylation is 1. The van der Waals surface area contributed by atoms with E-state index in [0.717, 1.165) is 25.1 Å². The number of carbonyl (C=O) groups excluding carboxylic acids is 1. The van der Waals surface area contributed by atoms with Crippen LogP contribution in [0.4, 0.5) is 0 Å². The van der Waals surface area contributed by atoms with Gasteiger partial charge in [0.25, 0.3) is 0 Å². The van der Waals surface area contributed by atoms with Gasteiger partial charge in [-0.3, -0.25) is 9.69 Å². The standard InChI is InChI=1S/C17H27N3O2/c1-4-13-7-5-6-8-16(13)22-10-9-19(2)17(21)15-11-14(18)12-20(15)3/h5-8,14-15H,4,9-12,18H2,1-3H3/t14-,15-/m0/s1. The minimum Gasteiger partial charge on any atom is -0.491 e. The Morgan fingerprint density at radius 1 is 1.45 bits per heavy atom. The van der Waals surface area contributed by atoms with Crippen molar-refractivity contribution in [3.05, 3.63) is 29.8 Å². The van der Waals surface area contributed by atoms with Gasteiger partial charge in [-0.05, 0) is 31.5 Å². The number of carbonyl (C=O) groups is 1. The molecule has 1 aliphatic heterocycles. The molecule has 2 N–H and O–H groups in total. The normalized spacial score (nSPS) is 21.8. The smallest absolute Gasteiger partial charge is 0.239 e. The van der Waals surface area contributed by atoms with Gasteiger partial charge in [-0.1, -0.05) is 25.1 Å². The van der Waals surface area contributed by atoms with Crippen molar-refractivity contribution < 1.29 is 9.53 Å². The van der Waals surface area contributed by atoms with Crippen LogP contribution in [0, 0.1) is 0 Å². The Balaban J connectivity index is 1.82. The molecule has 0 radical (unpaired) electrons. The molecule has 0 bridgehead atoms. The van der Waals surface area contributed by atoms with Crippen LogP contribution < -0.4 is 10.5 Å². The molecule has 1 amide bonds. The van der Waals surface area contributed by atoms with Gasteiger partial charge in [0.1, 0.15) is 12.4 Å². The maximum absolute atomic E-state index is 12.4. The highest BCUT2D eigenvalue weighted by molar-refractivity contribution is 5.82. The minimum atomic E-state index is -0.0945. The van der Waals surface area contributed by atoms with Crippen molar-refractivity contribution in [2.45, 2.75) is 31.8 Å². The third-order valence-electron chi connectivity index (χ3n) is 4.28. The summed E-state index contributed by atoms with van der Waals surface area (Å²) in [6, 6.07) is 8.03. The molecule has 0 saturated carbocycles. The SMILES string of the molecule is CCc1ccccc1OCCN(C)C(=O)[C@@H]1C[C@H](N)CN1C. The van der Waals surface area contributed by atoms with Gasteiger partial charge in [-0.15, -0.1) is 0 Å². The zero-order valence-corrected chi connectivity index (χ0v) is 13.8. The van der Waals surface area contributed by atoms with Gasteiger partial charge >= 0.3 is 0 Å². The van der Waals surface area contributed by atoms with Gasteiger partial charge in [0.15, 0.2) is 0 Å². The van der Waals surface area contributed by atoms with E-state index in [-0.39, 0.29) is 18.0 Å². The molecule has 2 atom stereocenters. The van der Waals surface area contributed by atoms with Crippen LogP contribution in [-0.4, -0.2) is 61.6 Å². The monoisotopic (exact) mass is 305 g/mol. The van der Waals surface area contributed by atoms with Crippen molar-refractivity contribution in [3.8, 4) is 5.75 Å². The summed E-state index contributed by atoms with van der Waals surface area (Å²) in [5, 5.41) is 0. The van der Waals surface area contributed by atoms with Gasteiger partial charge in [0.05, 0.1) is 12.6 Å². The molecule has 1 aromatic rings. The molecule has 0 aliphatic carbocycles. The third kappa shape index (κ3) is 3.99. The molecular weight excluding hydrogens is 278 g/mol. The third-order valence-corrected chi connectivity index (χ3v) is 4.28. The second kappa shape index (κ2) is 7.61. The Morgan fingerprint density at radius 2 is 2.18 bits per heavy atom. The average Bonchev–Trinajstić information content (AvgIpc) is 2.85. The van der Waals surface area contributed by atoms with E-state index in [1.54, 1.807) is 4.90 Å². The van der Waals surface area contributed by atoms with Gasteiger partial charge in [0, 0.05) is 19.6 Å². The van der Waals surface area contributed by atoms with E-state index in [9.17, 15) is 4.79 Å². The Morgan fingerprint density at radius 3 is 2.82 bits per heavy atom. The average molecular weight is 305 g/mol. The minimum absolute atomic E-state index is 0.0945. The van der Waals surface area contributed by atoms with Crippen molar-refractivity contribution in [1.82, 2.24) is 9.80 Å². The van der Waals surface area contributed by atoms with Crippen LogP contribution in [0.1, 0.15) is 18.9 Å². The number of hydrogen-bond donors (Lipinski definition) is 1. The van der Waals surface area contributed by atoms with Crippen LogP contribution in [-0.2, 0) is 11.2 Å². The number of likely N-dealkylation sites (N-methyl/N-ethyl adjacent to an activating group) is 2. The van der Waals surface area contributed by atoms with Crippen molar-refractivity contribution >= 4 is 5.91 Å². The first-order chi connectivity index (χ1) is 10.5. The fourth-order valence-electron chi connectivity index (χ4n) is 2.92. The molecule has 5 nitrogen and oxygen atoms in total. The van der Waals surface area contributed by atoms with Gasteiger partial charge in [0.2, 0.25) is 5.91 Å². The Labute approximate surface area is 133 Å². The van der Waals surface area contributed by atoms with Gasteiger partial charge < -0.3 is 15.4 Å². The molecule has 2 rings (SSSR count). The van der Waals surface area contributed by atoms with Crippen LogP contribution in [0.15, 0.2) is 24.3 Å². The molecule has 1 aromatic carbocycles. The molecule has 22 heavy (non-hydrogen) atoms. The summed E-state index contributed by atoms with van der Waals surface area (Å²) in [7, 11) is 3.78. The summed E-state index contributed by atoms with van der Waals surface area (Å²) in [5.41, 5.74) is 7.12. The lowest BCUT2D eigenvalue weighted by molar-refractivity contribution is -0.134. The Bertz CT molecular complexity index is 506. The molecule has 1 heterocycles. The van der Waals surface area contributed by atoms with E-state index in [1.807, 2.05) is 37.2 Å². The molecule has 0 aromatic heterocycles. The van der Waals surface area contributed by atoms with Crippen molar-refractivity contribution in [3.63, 3.8) is 0 Å². The van der Waals surface area contributed by atoms with Crippen molar-refractivity contribution in [2.24, 2.45) is 5.73 Å². The molecule has 1 fully saturated rings. The van der Waals surface area contributed by atoms with Crippen LogP contribution in [0.25, 0.3) is 0 Å². The fourth-order valence-corrected chi connectivity index (χ4v) is 2.92. The molecule has 0 spiro atoms. The number of rotatable bonds is 6. The van der Waals surface area contributed by atoms with Crippen molar-refractivity contribution in [2.75, 3.05) is 33.8 Å². The molecule has 1 aliphatic rings. The zero-order chi connectivity index (χ0) is 16.1. The number of nitrogens with zero attached hydrogens (tertiary/aromatic N) is 2. The number of amides is 1. The Hall–Kier alpha value is -1.59. The summed E-state index contributed by atoms with van der Waals surface area (Å²) in [6.45, 7) is 3.97. The van der Waals surface area contributed by atoms with E-state index in [2.05, 4.69) is 13.0 Å². The number of para-hydroxylation sites is 1. The lowest BCUT2D eigenvalue weighted by Crippen LogP contribution is -2.43. The number of benzene rings is 1. The van der Waals surface area contributed by atoms with Gasteiger partial charge in [-0.25, -0.2) is 0 Å².